The van der Waals surface area contributed by atoms with Gasteiger partial charge in [-0.05, 0) is 63.1 Å². The van der Waals surface area contributed by atoms with E-state index in [2.05, 4.69) is 5.32 Å². The molecule has 0 radical (unpaired) electrons. The summed E-state index contributed by atoms with van der Waals surface area (Å²) in [5.74, 6) is 0.461. The number of hydrogen-bond donors (Lipinski definition) is 2. The molecule has 140 valence electrons. The van der Waals surface area contributed by atoms with Crippen LogP contribution in [0, 0.1) is 5.41 Å². The van der Waals surface area contributed by atoms with Gasteiger partial charge in [0.15, 0.2) is 11.5 Å². The van der Waals surface area contributed by atoms with Crippen LogP contribution in [-0.2, 0) is 14.9 Å². The Morgan fingerprint density at radius 3 is 2.46 bits per heavy atom. The maximum atomic E-state index is 12.0. The molecule has 1 unspecified atom stereocenters. The zero-order valence-electron chi connectivity index (χ0n) is 15.1. The Balaban J connectivity index is 1.45. The lowest BCUT2D eigenvalue weighted by Crippen LogP contribution is -2.73. The van der Waals surface area contributed by atoms with Crippen LogP contribution in [0.5, 0.6) is 11.5 Å². The molecule has 5 rings (SSSR count). The second-order valence-corrected chi connectivity index (χ2v) is 8.66. The van der Waals surface area contributed by atoms with Gasteiger partial charge in [0.1, 0.15) is 11.6 Å². The number of benzene rings is 1. The lowest BCUT2D eigenvalue weighted by Gasteiger charge is -2.72. The van der Waals surface area contributed by atoms with E-state index in [0.29, 0.717) is 0 Å². The fourth-order valence-electron chi connectivity index (χ4n) is 4.61. The molecule has 3 saturated carbocycles. The molecule has 1 atom stereocenters. The fraction of sp³-hybridized carbons (Fsp3) is 0.579. The molecule has 7 heteroatoms. The van der Waals surface area contributed by atoms with Gasteiger partial charge < -0.3 is 24.6 Å². The molecule has 1 heterocycles. The Morgan fingerprint density at radius 1 is 1.19 bits per heavy atom. The third-order valence-electron chi connectivity index (χ3n) is 5.58. The van der Waals surface area contributed by atoms with E-state index in [0.717, 1.165) is 36.3 Å². The van der Waals surface area contributed by atoms with Gasteiger partial charge in [0.25, 0.3) is 0 Å². The van der Waals surface area contributed by atoms with Crippen molar-refractivity contribution in [1.29, 1.82) is 0 Å². The Bertz CT molecular complexity index is 761. The molecule has 1 aromatic rings. The van der Waals surface area contributed by atoms with Crippen LogP contribution in [0.25, 0.3) is 0 Å². The van der Waals surface area contributed by atoms with Crippen LogP contribution in [-0.4, -0.2) is 35.6 Å². The highest BCUT2D eigenvalue weighted by molar-refractivity contribution is 5.82. The SMILES string of the molecule is CC(C)(C)OC(=O)NC(C(=O)O)C12CC(c3ccc4c(c3)OCO4)(C1)C2. The van der Waals surface area contributed by atoms with Gasteiger partial charge in [-0.15, -0.1) is 0 Å². The van der Waals surface area contributed by atoms with Gasteiger partial charge in [-0.1, -0.05) is 6.07 Å². The largest absolute Gasteiger partial charge is 0.480 e. The summed E-state index contributed by atoms with van der Waals surface area (Å²) >= 11 is 0. The first kappa shape index (κ1) is 17.0. The summed E-state index contributed by atoms with van der Waals surface area (Å²) in [5.41, 5.74) is 0.0500. The quantitative estimate of drug-likeness (QED) is 0.856. The Labute approximate surface area is 151 Å². The van der Waals surface area contributed by atoms with Crippen molar-refractivity contribution >= 4 is 12.1 Å². The first-order chi connectivity index (χ1) is 12.1. The number of aliphatic carboxylic acids is 1. The van der Waals surface area contributed by atoms with Gasteiger partial charge in [-0.25, -0.2) is 9.59 Å². The van der Waals surface area contributed by atoms with Crippen molar-refractivity contribution in [2.24, 2.45) is 5.41 Å². The summed E-state index contributed by atoms with van der Waals surface area (Å²) in [6, 6.07) is 4.97. The third-order valence-corrected chi connectivity index (χ3v) is 5.58. The van der Waals surface area contributed by atoms with E-state index in [4.69, 9.17) is 14.2 Å². The molecule has 3 aliphatic carbocycles. The van der Waals surface area contributed by atoms with Crippen molar-refractivity contribution < 1.29 is 28.9 Å². The van der Waals surface area contributed by atoms with Crippen LogP contribution >= 0.6 is 0 Å². The average Bonchev–Trinajstić information content (AvgIpc) is 2.88. The lowest BCUT2D eigenvalue weighted by molar-refractivity contribution is -0.183. The minimum absolute atomic E-state index is 0.0235. The highest BCUT2D eigenvalue weighted by atomic mass is 16.7. The van der Waals surface area contributed by atoms with Crippen molar-refractivity contribution in [2.75, 3.05) is 6.79 Å². The fourth-order valence-corrected chi connectivity index (χ4v) is 4.61. The number of nitrogens with one attached hydrogen (secondary N) is 1. The molecule has 1 aliphatic heterocycles. The number of alkyl carbamates (subject to hydrolysis) is 1. The van der Waals surface area contributed by atoms with Gasteiger partial charge in [0.2, 0.25) is 6.79 Å². The second kappa shape index (κ2) is 5.28. The minimum Gasteiger partial charge on any atom is -0.480 e. The number of fused-ring (bicyclic) bond motifs is 1. The summed E-state index contributed by atoms with van der Waals surface area (Å²) in [4.78, 5) is 23.8. The van der Waals surface area contributed by atoms with E-state index in [1.54, 1.807) is 20.8 Å². The maximum Gasteiger partial charge on any atom is 0.408 e. The summed E-state index contributed by atoms with van der Waals surface area (Å²) in [7, 11) is 0. The molecule has 0 saturated heterocycles. The molecule has 0 aromatic heterocycles. The van der Waals surface area contributed by atoms with Crippen LogP contribution < -0.4 is 14.8 Å². The van der Waals surface area contributed by atoms with E-state index in [1.807, 2.05) is 18.2 Å². The van der Waals surface area contributed by atoms with Gasteiger partial charge in [0.05, 0.1) is 0 Å². The topological polar surface area (TPSA) is 94.1 Å². The van der Waals surface area contributed by atoms with Crippen LogP contribution in [0.1, 0.15) is 45.6 Å². The molecule has 1 aromatic carbocycles. The molecule has 2 N–H and O–H groups in total. The number of ether oxygens (including phenoxy) is 3. The summed E-state index contributed by atoms with van der Waals surface area (Å²) in [6.45, 7) is 5.48. The zero-order chi connectivity index (χ0) is 18.7. The molecule has 0 spiro atoms. The Morgan fingerprint density at radius 2 is 1.85 bits per heavy atom. The number of amides is 1. The summed E-state index contributed by atoms with van der Waals surface area (Å²) < 4.78 is 16.0. The molecule has 4 aliphatic rings. The molecule has 1 amide bonds. The molecule has 26 heavy (non-hydrogen) atoms. The van der Waals surface area contributed by atoms with E-state index < -0.39 is 29.1 Å². The Hall–Kier alpha value is -2.44. The first-order valence-corrected chi connectivity index (χ1v) is 8.75. The third kappa shape index (κ3) is 2.57. The van der Waals surface area contributed by atoms with Crippen molar-refractivity contribution in [2.45, 2.75) is 57.1 Å². The van der Waals surface area contributed by atoms with Crippen LogP contribution in [0.3, 0.4) is 0 Å². The summed E-state index contributed by atoms with van der Waals surface area (Å²) in [6.07, 6.45) is 1.50. The predicted molar refractivity (Wildman–Crippen MR) is 91.3 cm³/mol. The number of carboxylic acid groups (broad SMARTS) is 1. The van der Waals surface area contributed by atoms with Crippen LogP contribution in [0.2, 0.25) is 0 Å². The molecule has 3 fully saturated rings. The van der Waals surface area contributed by atoms with Crippen molar-refractivity contribution in [3.05, 3.63) is 23.8 Å². The van der Waals surface area contributed by atoms with Crippen LogP contribution in [0.4, 0.5) is 4.79 Å². The Kier molecular flexibility index (Phi) is 3.45. The average molecular weight is 361 g/mol. The summed E-state index contributed by atoms with van der Waals surface area (Å²) in [5, 5.41) is 12.2. The van der Waals surface area contributed by atoms with E-state index >= 15 is 0 Å². The van der Waals surface area contributed by atoms with Gasteiger partial charge in [-0.3, -0.25) is 0 Å². The monoisotopic (exact) mass is 361 g/mol. The van der Waals surface area contributed by atoms with Gasteiger partial charge >= 0.3 is 12.1 Å². The van der Waals surface area contributed by atoms with Crippen molar-refractivity contribution in [1.82, 2.24) is 5.32 Å². The van der Waals surface area contributed by atoms with Crippen molar-refractivity contribution in [3.8, 4) is 11.5 Å². The number of hydrogen-bond acceptors (Lipinski definition) is 5. The number of carbonyl (C=O) groups excluding carboxylic acids is 1. The molecular formula is C19H23NO6. The van der Waals surface area contributed by atoms with E-state index in [9.17, 15) is 14.7 Å². The van der Waals surface area contributed by atoms with E-state index in [1.165, 1.54) is 0 Å². The van der Waals surface area contributed by atoms with E-state index in [-0.39, 0.29) is 12.2 Å². The number of rotatable bonds is 4. The number of carbonyl (C=O) groups is 2. The smallest absolute Gasteiger partial charge is 0.408 e. The van der Waals surface area contributed by atoms with Gasteiger partial charge in [0, 0.05) is 5.41 Å². The standard InChI is InChI=1S/C19H23NO6/c1-17(2,3)26-16(23)20-14(15(21)22)19-7-18(8-19,9-19)11-4-5-12-13(6-11)25-10-24-12/h4-6,14H,7-10H2,1-3H3,(H,20,23)(H,21,22). The molecule has 7 nitrogen and oxygen atoms in total. The first-order valence-electron chi connectivity index (χ1n) is 8.75. The predicted octanol–water partition coefficient (Wildman–Crippen LogP) is 2.81. The maximum absolute atomic E-state index is 12.0. The zero-order valence-corrected chi connectivity index (χ0v) is 15.1. The molecular weight excluding hydrogens is 338 g/mol. The van der Waals surface area contributed by atoms with Crippen molar-refractivity contribution in [3.63, 3.8) is 0 Å². The highest BCUT2D eigenvalue weighted by Gasteiger charge is 2.72. The molecule has 2 bridgehead atoms. The van der Waals surface area contributed by atoms with Gasteiger partial charge in [-0.2, -0.15) is 0 Å². The second-order valence-electron chi connectivity index (χ2n) is 8.66. The lowest BCUT2D eigenvalue weighted by atomic mass is 9.31. The highest BCUT2D eigenvalue weighted by Crippen LogP contribution is 2.75. The minimum atomic E-state index is -1.02. The normalized spacial score (nSPS) is 29.2. The van der Waals surface area contributed by atoms with Crippen LogP contribution in [0.15, 0.2) is 18.2 Å². The number of carboxylic acids is 1.